The first-order valence-electron chi connectivity index (χ1n) is 9.39. The normalized spacial score (nSPS) is 10.8. The molecule has 6 nitrogen and oxygen atoms in total. The Kier molecular flexibility index (Phi) is 6.02. The van der Waals surface area contributed by atoms with E-state index in [0.29, 0.717) is 11.4 Å². The van der Waals surface area contributed by atoms with Crippen molar-refractivity contribution >= 4 is 28.3 Å². The van der Waals surface area contributed by atoms with Crippen LogP contribution in [0.2, 0.25) is 0 Å². The third kappa shape index (κ3) is 5.04. The Hall–Kier alpha value is -3.54. The highest BCUT2D eigenvalue weighted by molar-refractivity contribution is 6.09. The smallest absolute Gasteiger partial charge is 0.259 e. The summed E-state index contributed by atoms with van der Waals surface area (Å²) in [6.45, 7) is 5.37. The topological polar surface area (TPSA) is 87.7 Å². The molecule has 29 heavy (non-hydrogen) atoms. The van der Waals surface area contributed by atoms with E-state index in [2.05, 4.69) is 10.6 Å². The number of aryl methyl sites for hydroxylation is 1. The number of benzene rings is 3. The van der Waals surface area contributed by atoms with E-state index in [9.17, 15) is 14.7 Å². The monoisotopic (exact) mass is 392 g/mol. The molecule has 3 aromatic carbocycles. The molecule has 0 unspecified atom stereocenters. The first kappa shape index (κ1) is 20.2. The molecule has 0 heterocycles. The van der Waals surface area contributed by atoms with Crippen molar-refractivity contribution in [3.8, 4) is 11.5 Å². The van der Waals surface area contributed by atoms with E-state index in [1.54, 1.807) is 30.3 Å². The van der Waals surface area contributed by atoms with Gasteiger partial charge in [0.1, 0.15) is 11.5 Å². The van der Waals surface area contributed by atoms with Gasteiger partial charge in [0.25, 0.3) is 11.8 Å². The van der Waals surface area contributed by atoms with Gasteiger partial charge in [0, 0.05) is 6.04 Å². The lowest BCUT2D eigenvalue weighted by Crippen LogP contribution is -2.34. The summed E-state index contributed by atoms with van der Waals surface area (Å²) in [5.74, 6) is -0.422. The van der Waals surface area contributed by atoms with Crippen molar-refractivity contribution in [2.45, 2.75) is 26.8 Å². The molecule has 0 saturated carbocycles. The summed E-state index contributed by atoms with van der Waals surface area (Å²) in [7, 11) is 0. The molecule has 0 aromatic heterocycles. The van der Waals surface area contributed by atoms with Crippen LogP contribution in [0.5, 0.6) is 11.5 Å². The molecule has 3 rings (SSSR count). The number of ether oxygens (including phenoxy) is 1. The maximum absolute atomic E-state index is 12.9. The van der Waals surface area contributed by atoms with E-state index in [1.807, 2.05) is 45.0 Å². The van der Waals surface area contributed by atoms with Crippen molar-refractivity contribution in [1.29, 1.82) is 0 Å². The lowest BCUT2D eigenvalue weighted by molar-refractivity contribution is -0.123. The van der Waals surface area contributed by atoms with Gasteiger partial charge in [-0.2, -0.15) is 0 Å². The maximum atomic E-state index is 12.9. The average Bonchev–Trinajstić information content (AvgIpc) is 2.67. The van der Waals surface area contributed by atoms with E-state index >= 15 is 0 Å². The van der Waals surface area contributed by atoms with Gasteiger partial charge >= 0.3 is 0 Å². The number of hydrogen-bond acceptors (Lipinski definition) is 4. The van der Waals surface area contributed by atoms with Gasteiger partial charge in [-0.05, 0) is 61.4 Å². The van der Waals surface area contributed by atoms with Gasteiger partial charge in [0.05, 0.1) is 11.3 Å². The zero-order valence-corrected chi connectivity index (χ0v) is 16.7. The van der Waals surface area contributed by atoms with E-state index in [4.69, 9.17) is 4.74 Å². The summed E-state index contributed by atoms with van der Waals surface area (Å²) < 4.78 is 5.68. The predicted octanol–water partition coefficient (Wildman–Crippen LogP) is 4.01. The van der Waals surface area contributed by atoms with Crippen molar-refractivity contribution in [3.05, 3.63) is 65.7 Å². The molecule has 3 aromatic rings. The summed E-state index contributed by atoms with van der Waals surface area (Å²) in [5, 5.41) is 17.3. The van der Waals surface area contributed by atoms with Crippen LogP contribution in [0.25, 0.3) is 10.8 Å². The molecule has 3 N–H and O–H groups in total. The van der Waals surface area contributed by atoms with Crippen LogP contribution in [0, 0.1) is 6.92 Å². The number of phenols is 1. The lowest BCUT2D eigenvalue weighted by atomic mass is 10.0. The van der Waals surface area contributed by atoms with Gasteiger partial charge in [-0.25, -0.2) is 0 Å². The van der Waals surface area contributed by atoms with Crippen LogP contribution in [-0.2, 0) is 4.79 Å². The van der Waals surface area contributed by atoms with Crippen LogP contribution in [0.4, 0.5) is 5.69 Å². The Balaban J connectivity index is 1.91. The molecule has 2 amide bonds. The van der Waals surface area contributed by atoms with Crippen LogP contribution < -0.4 is 15.4 Å². The number of nitrogens with one attached hydrogen (secondary N) is 2. The number of amides is 2. The van der Waals surface area contributed by atoms with E-state index in [-0.39, 0.29) is 29.9 Å². The molecule has 0 aliphatic rings. The minimum absolute atomic E-state index is 0.00464. The summed E-state index contributed by atoms with van der Waals surface area (Å²) in [6.07, 6.45) is 0. The number of anilines is 1. The lowest BCUT2D eigenvalue weighted by Gasteiger charge is -2.15. The second-order valence-electron chi connectivity index (χ2n) is 7.18. The summed E-state index contributed by atoms with van der Waals surface area (Å²) in [5.41, 5.74) is 1.46. The highest BCUT2D eigenvalue weighted by atomic mass is 16.5. The molecule has 0 radical (unpaired) electrons. The fourth-order valence-electron chi connectivity index (χ4n) is 2.96. The third-order valence-corrected chi connectivity index (χ3v) is 4.30. The van der Waals surface area contributed by atoms with Gasteiger partial charge in [0.2, 0.25) is 0 Å². The molecule has 0 aliphatic carbocycles. The van der Waals surface area contributed by atoms with Gasteiger partial charge in [-0.15, -0.1) is 0 Å². The minimum atomic E-state index is -0.436. The Morgan fingerprint density at radius 3 is 2.38 bits per heavy atom. The molecule has 0 atom stereocenters. The maximum Gasteiger partial charge on any atom is 0.259 e. The Morgan fingerprint density at radius 1 is 1.03 bits per heavy atom. The number of hydrogen-bond donors (Lipinski definition) is 3. The van der Waals surface area contributed by atoms with Gasteiger partial charge in [-0.3, -0.25) is 9.59 Å². The zero-order chi connectivity index (χ0) is 21.0. The standard InChI is InChI=1S/C23H24N2O4/c1-14(2)24-22(27)13-29-21-12-17-7-5-4-6-16(17)11-18(21)23(28)25-19-9-8-15(3)10-20(19)26/h4-12,14,26H,13H2,1-3H3,(H,24,27)(H,25,28). The Bertz CT molecular complexity index is 1060. The largest absolute Gasteiger partial charge is 0.506 e. The summed E-state index contributed by atoms with van der Waals surface area (Å²) in [4.78, 5) is 24.9. The minimum Gasteiger partial charge on any atom is -0.506 e. The molecule has 0 aliphatic heterocycles. The molecule has 0 fully saturated rings. The van der Waals surface area contributed by atoms with Crippen molar-refractivity contribution in [1.82, 2.24) is 5.32 Å². The zero-order valence-electron chi connectivity index (χ0n) is 16.7. The molecule has 150 valence electrons. The molecule has 0 spiro atoms. The fraction of sp³-hybridized carbons (Fsp3) is 0.217. The molecular weight excluding hydrogens is 368 g/mol. The highest BCUT2D eigenvalue weighted by Crippen LogP contribution is 2.29. The number of aromatic hydroxyl groups is 1. The van der Waals surface area contributed by atoms with Crippen molar-refractivity contribution in [2.24, 2.45) is 0 Å². The van der Waals surface area contributed by atoms with Crippen molar-refractivity contribution < 1.29 is 19.4 Å². The first-order chi connectivity index (χ1) is 13.8. The molecule has 0 bridgehead atoms. The number of rotatable bonds is 6. The predicted molar refractivity (Wildman–Crippen MR) is 114 cm³/mol. The third-order valence-electron chi connectivity index (χ3n) is 4.30. The second-order valence-corrected chi connectivity index (χ2v) is 7.18. The Morgan fingerprint density at radius 2 is 1.72 bits per heavy atom. The average molecular weight is 392 g/mol. The highest BCUT2D eigenvalue weighted by Gasteiger charge is 2.17. The summed E-state index contributed by atoms with van der Waals surface area (Å²) in [6, 6.07) is 16.0. The van der Waals surface area contributed by atoms with Crippen LogP contribution in [0.15, 0.2) is 54.6 Å². The van der Waals surface area contributed by atoms with Crippen LogP contribution >= 0.6 is 0 Å². The van der Waals surface area contributed by atoms with Crippen molar-refractivity contribution in [3.63, 3.8) is 0 Å². The molecule has 6 heteroatoms. The van der Waals surface area contributed by atoms with E-state index in [0.717, 1.165) is 16.3 Å². The second kappa shape index (κ2) is 8.65. The molecular formula is C23H24N2O4. The number of carbonyl (C=O) groups is 2. The van der Waals surface area contributed by atoms with E-state index < -0.39 is 5.91 Å². The number of phenolic OH excluding ortho intramolecular Hbond substituents is 1. The fourth-order valence-corrected chi connectivity index (χ4v) is 2.96. The quantitative estimate of drug-likeness (QED) is 0.553. The Labute approximate surface area is 169 Å². The van der Waals surface area contributed by atoms with Crippen LogP contribution in [-0.4, -0.2) is 29.6 Å². The van der Waals surface area contributed by atoms with Gasteiger partial charge in [0.15, 0.2) is 6.61 Å². The first-order valence-corrected chi connectivity index (χ1v) is 9.39. The molecule has 0 saturated heterocycles. The van der Waals surface area contributed by atoms with E-state index in [1.165, 1.54) is 0 Å². The SMILES string of the molecule is Cc1ccc(NC(=O)c2cc3ccccc3cc2OCC(=O)NC(C)C)c(O)c1. The van der Waals surface area contributed by atoms with Crippen molar-refractivity contribution in [2.75, 3.05) is 11.9 Å². The summed E-state index contributed by atoms with van der Waals surface area (Å²) >= 11 is 0. The van der Waals surface area contributed by atoms with Crippen LogP contribution in [0.1, 0.15) is 29.8 Å². The van der Waals surface area contributed by atoms with Gasteiger partial charge < -0.3 is 20.5 Å². The van der Waals surface area contributed by atoms with Crippen LogP contribution in [0.3, 0.4) is 0 Å². The number of fused-ring (bicyclic) bond motifs is 1. The number of carbonyl (C=O) groups excluding carboxylic acids is 2. The van der Waals surface area contributed by atoms with Gasteiger partial charge in [-0.1, -0.05) is 30.3 Å².